The van der Waals surface area contributed by atoms with Crippen LogP contribution in [0, 0.1) is 17.8 Å². The Morgan fingerprint density at radius 3 is 2.64 bits per heavy atom. The van der Waals surface area contributed by atoms with Gasteiger partial charge in [0.05, 0.1) is 6.04 Å². The Hall–Kier alpha value is -0.730. The molecule has 1 heterocycles. The van der Waals surface area contributed by atoms with Gasteiger partial charge in [-0.2, -0.15) is 0 Å². The quantitative estimate of drug-likeness (QED) is 0.635. The van der Waals surface area contributed by atoms with Gasteiger partial charge in [-0.15, -0.1) is 0 Å². The highest BCUT2D eigenvalue weighted by Crippen LogP contribution is 2.58. The van der Waals surface area contributed by atoms with Gasteiger partial charge in [-0.1, -0.05) is 0 Å². The zero-order valence-electron chi connectivity index (χ0n) is 8.16. The van der Waals surface area contributed by atoms with Gasteiger partial charge >= 0.3 is 6.09 Å². The largest absolute Gasteiger partial charge is 0.441 e. The first kappa shape index (κ1) is 7.55. The fourth-order valence-corrected chi connectivity index (χ4v) is 4.70. The van der Waals surface area contributed by atoms with E-state index in [9.17, 15) is 4.79 Å². The number of carbonyl (C=O) groups excluding carboxylic acids is 1. The van der Waals surface area contributed by atoms with Crippen molar-refractivity contribution in [3.63, 3.8) is 0 Å². The standard InChI is InChI=1S/C11H15NO2/c13-10-12-9-8-2-6-1-7(3-8)5-11(9,4-6)14-10/h6-9H,1-5H2,(H,12,13)/t6-,7-,8?,9-,11?/m1/s1. The van der Waals surface area contributed by atoms with Crippen LogP contribution in [0.3, 0.4) is 0 Å². The van der Waals surface area contributed by atoms with Crippen molar-refractivity contribution in [2.45, 2.75) is 43.7 Å². The molecule has 1 aliphatic heterocycles. The average Bonchev–Trinajstić information content (AvgIpc) is 2.40. The molecule has 76 valence electrons. The molecule has 0 unspecified atom stereocenters. The highest BCUT2D eigenvalue weighted by molar-refractivity contribution is 5.71. The van der Waals surface area contributed by atoms with E-state index in [1.165, 1.54) is 19.3 Å². The highest BCUT2D eigenvalue weighted by Gasteiger charge is 2.62. The molecule has 1 amide bonds. The summed E-state index contributed by atoms with van der Waals surface area (Å²) >= 11 is 0. The average molecular weight is 193 g/mol. The van der Waals surface area contributed by atoms with Crippen LogP contribution in [0.25, 0.3) is 0 Å². The monoisotopic (exact) mass is 193 g/mol. The number of ether oxygens (including phenoxy) is 1. The van der Waals surface area contributed by atoms with Gasteiger partial charge in [-0.3, -0.25) is 0 Å². The molecule has 1 spiro atoms. The minimum Gasteiger partial charge on any atom is -0.441 e. The summed E-state index contributed by atoms with van der Waals surface area (Å²) < 4.78 is 5.57. The minimum atomic E-state index is -0.164. The molecule has 1 saturated heterocycles. The van der Waals surface area contributed by atoms with Crippen molar-refractivity contribution < 1.29 is 9.53 Å². The van der Waals surface area contributed by atoms with E-state index in [1.54, 1.807) is 0 Å². The summed E-state index contributed by atoms with van der Waals surface area (Å²) in [5.41, 5.74) is -0.0775. The van der Waals surface area contributed by atoms with Crippen molar-refractivity contribution in [3.05, 3.63) is 0 Å². The Morgan fingerprint density at radius 2 is 1.93 bits per heavy atom. The minimum absolute atomic E-state index is 0.0775. The summed E-state index contributed by atoms with van der Waals surface area (Å²) in [5, 5.41) is 3.03. The van der Waals surface area contributed by atoms with Gasteiger partial charge in [0.2, 0.25) is 0 Å². The zero-order valence-corrected chi connectivity index (χ0v) is 8.16. The van der Waals surface area contributed by atoms with Gasteiger partial charge in [0, 0.05) is 0 Å². The van der Waals surface area contributed by atoms with Gasteiger partial charge < -0.3 is 10.1 Å². The van der Waals surface area contributed by atoms with Crippen LogP contribution < -0.4 is 5.32 Å². The second kappa shape index (κ2) is 2.10. The van der Waals surface area contributed by atoms with E-state index in [0.717, 1.165) is 24.7 Å². The molecule has 3 nitrogen and oxygen atoms in total. The van der Waals surface area contributed by atoms with Crippen molar-refractivity contribution in [2.24, 2.45) is 17.8 Å². The molecule has 1 N–H and O–H groups in total. The predicted octanol–water partition coefficient (Wildman–Crippen LogP) is 1.67. The zero-order chi connectivity index (χ0) is 9.34. The molecule has 3 atom stereocenters. The van der Waals surface area contributed by atoms with E-state index < -0.39 is 0 Å². The fourth-order valence-electron chi connectivity index (χ4n) is 4.70. The molecule has 5 rings (SSSR count). The number of alkyl carbamates (subject to hydrolysis) is 1. The summed E-state index contributed by atoms with van der Waals surface area (Å²) in [6.07, 6.45) is 6.14. The number of hydrogen-bond acceptors (Lipinski definition) is 2. The van der Waals surface area contributed by atoms with Crippen molar-refractivity contribution in [2.75, 3.05) is 0 Å². The van der Waals surface area contributed by atoms with Crippen LogP contribution >= 0.6 is 0 Å². The lowest BCUT2D eigenvalue weighted by Gasteiger charge is -2.56. The molecular weight excluding hydrogens is 178 g/mol. The number of nitrogens with one attached hydrogen (secondary N) is 1. The smallest absolute Gasteiger partial charge is 0.408 e. The predicted molar refractivity (Wildman–Crippen MR) is 49.7 cm³/mol. The molecular formula is C11H15NO2. The van der Waals surface area contributed by atoms with E-state index in [1.807, 2.05) is 0 Å². The summed E-state index contributed by atoms with van der Waals surface area (Å²) in [5.74, 6) is 2.40. The molecule has 0 aromatic heterocycles. The Bertz CT molecular complexity index is 300. The molecule has 0 aromatic carbocycles. The topological polar surface area (TPSA) is 38.3 Å². The van der Waals surface area contributed by atoms with Crippen molar-refractivity contribution in [1.82, 2.24) is 5.32 Å². The maximum atomic E-state index is 11.3. The van der Waals surface area contributed by atoms with Crippen molar-refractivity contribution in [3.8, 4) is 0 Å². The summed E-state index contributed by atoms with van der Waals surface area (Å²) in [7, 11) is 0. The van der Waals surface area contributed by atoms with Crippen LogP contribution in [0.4, 0.5) is 4.79 Å². The third kappa shape index (κ3) is 0.733. The van der Waals surface area contributed by atoms with Crippen molar-refractivity contribution in [1.29, 1.82) is 0 Å². The van der Waals surface area contributed by atoms with E-state index >= 15 is 0 Å². The molecule has 0 aromatic rings. The first-order valence-electron chi connectivity index (χ1n) is 5.75. The highest BCUT2D eigenvalue weighted by atomic mass is 16.6. The second-order valence-electron chi connectivity index (χ2n) is 5.68. The number of hydrogen-bond donors (Lipinski definition) is 1. The molecule has 14 heavy (non-hydrogen) atoms. The summed E-state index contributed by atoms with van der Waals surface area (Å²) in [6, 6.07) is 0.350. The molecule has 4 saturated carbocycles. The normalized spacial score (nSPS) is 58.1. The number of carbonyl (C=O) groups is 1. The van der Waals surface area contributed by atoms with Crippen LogP contribution in [-0.4, -0.2) is 17.7 Å². The van der Waals surface area contributed by atoms with Crippen LogP contribution in [0.5, 0.6) is 0 Å². The first-order valence-corrected chi connectivity index (χ1v) is 5.75. The van der Waals surface area contributed by atoms with Gasteiger partial charge in [0.25, 0.3) is 0 Å². The lowest BCUT2D eigenvalue weighted by Crippen LogP contribution is -2.61. The molecule has 4 aliphatic carbocycles. The van der Waals surface area contributed by atoms with Crippen LogP contribution in [0.2, 0.25) is 0 Å². The molecule has 5 aliphatic rings. The lowest BCUT2D eigenvalue weighted by molar-refractivity contribution is -0.115. The third-order valence-corrected chi connectivity index (χ3v) is 4.81. The number of rotatable bonds is 0. The summed E-state index contributed by atoms with van der Waals surface area (Å²) in [6.45, 7) is 0. The van der Waals surface area contributed by atoms with Gasteiger partial charge in [-0.25, -0.2) is 4.79 Å². The first-order chi connectivity index (χ1) is 6.75. The third-order valence-electron chi connectivity index (χ3n) is 4.81. The molecule has 3 heteroatoms. The molecule has 0 radical (unpaired) electrons. The fraction of sp³-hybridized carbons (Fsp3) is 0.909. The van der Waals surface area contributed by atoms with Crippen molar-refractivity contribution >= 4 is 6.09 Å². The lowest BCUT2D eigenvalue weighted by atomic mass is 9.52. The van der Waals surface area contributed by atoms with E-state index in [4.69, 9.17) is 4.74 Å². The Kier molecular flexibility index (Phi) is 1.13. The van der Waals surface area contributed by atoms with Gasteiger partial charge in [-0.05, 0) is 49.9 Å². The van der Waals surface area contributed by atoms with Gasteiger partial charge in [0.15, 0.2) is 0 Å². The maximum absolute atomic E-state index is 11.3. The SMILES string of the molecule is O=C1N[C@@H]2C3C[C@H]4C[C@H](C3)CC2(C4)O1. The Labute approximate surface area is 83.2 Å². The van der Waals surface area contributed by atoms with Crippen LogP contribution in [0.1, 0.15) is 32.1 Å². The van der Waals surface area contributed by atoms with Crippen LogP contribution in [-0.2, 0) is 4.74 Å². The Balaban J connectivity index is 1.80. The summed E-state index contributed by atoms with van der Waals surface area (Å²) in [4.78, 5) is 11.3. The van der Waals surface area contributed by atoms with Gasteiger partial charge in [0.1, 0.15) is 5.60 Å². The van der Waals surface area contributed by atoms with E-state index in [2.05, 4.69) is 5.32 Å². The maximum Gasteiger partial charge on any atom is 0.408 e. The van der Waals surface area contributed by atoms with E-state index in [0.29, 0.717) is 12.0 Å². The molecule has 5 fully saturated rings. The number of amides is 1. The van der Waals surface area contributed by atoms with Crippen LogP contribution in [0.15, 0.2) is 0 Å². The Morgan fingerprint density at radius 1 is 1.21 bits per heavy atom. The molecule has 4 bridgehead atoms. The second-order valence-corrected chi connectivity index (χ2v) is 5.68. The van der Waals surface area contributed by atoms with E-state index in [-0.39, 0.29) is 11.7 Å².